The summed E-state index contributed by atoms with van der Waals surface area (Å²) < 4.78 is 16.9. The van der Waals surface area contributed by atoms with Gasteiger partial charge in [-0.1, -0.05) is 23.7 Å². The van der Waals surface area contributed by atoms with Crippen molar-refractivity contribution in [3.8, 4) is 23.3 Å². The number of nitrogens with one attached hydrogen (secondary N) is 1. The second-order valence-corrected chi connectivity index (χ2v) is 6.08. The van der Waals surface area contributed by atoms with Crippen molar-refractivity contribution in [3.63, 3.8) is 0 Å². The van der Waals surface area contributed by atoms with E-state index in [9.17, 15) is 4.79 Å². The second kappa shape index (κ2) is 10.3. The summed E-state index contributed by atoms with van der Waals surface area (Å²) >= 11 is 6.00. The van der Waals surface area contributed by atoms with Crippen LogP contribution in [0.15, 0.2) is 36.4 Å². The number of para-hydroxylation sites is 1. The van der Waals surface area contributed by atoms with Crippen LogP contribution in [-0.4, -0.2) is 26.2 Å². The highest BCUT2D eigenvalue weighted by molar-refractivity contribution is 6.31. The molecular formula is C20H21ClN2O4. The predicted octanol–water partition coefficient (Wildman–Crippen LogP) is 3.64. The van der Waals surface area contributed by atoms with Crippen molar-refractivity contribution in [2.75, 3.05) is 20.3 Å². The number of hydrogen-bond acceptors (Lipinski definition) is 5. The van der Waals surface area contributed by atoms with Gasteiger partial charge in [0.2, 0.25) is 5.91 Å². The van der Waals surface area contributed by atoms with Gasteiger partial charge >= 0.3 is 0 Å². The molecule has 2 aromatic rings. The predicted molar refractivity (Wildman–Crippen MR) is 102 cm³/mol. The highest BCUT2D eigenvalue weighted by Gasteiger charge is 2.12. The molecule has 27 heavy (non-hydrogen) atoms. The second-order valence-electron chi connectivity index (χ2n) is 5.67. The van der Waals surface area contributed by atoms with Crippen molar-refractivity contribution in [3.05, 3.63) is 52.5 Å². The van der Waals surface area contributed by atoms with Gasteiger partial charge in [-0.25, -0.2) is 0 Å². The Bertz CT molecular complexity index is 833. The number of methoxy groups -OCH3 is 1. The van der Waals surface area contributed by atoms with Crippen LogP contribution in [0.1, 0.15) is 17.5 Å². The van der Waals surface area contributed by atoms with E-state index in [1.807, 2.05) is 31.2 Å². The maximum Gasteiger partial charge on any atom is 0.234 e. The smallest absolute Gasteiger partial charge is 0.234 e. The van der Waals surface area contributed by atoms with Gasteiger partial charge in [0.15, 0.2) is 11.5 Å². The summed E-state index contributed by atoms with van der Waals surface area (Å²) in [6, 6.07) is 12.7. The number of nitrogens with zero attached hydrogens (tertiary/aromatic N) is 1. The van der Waals surface area contributed by atoms with E-state index >= 15 is 0 Å². The molecule has 0 saturated carbocycles. The lowest BCUT2D eigenvalue weighted by molar-refractivity contribution is -0.120. The van der Waals surface area contributed by atoms with E-state index in [2.05, 4.69) is 5.32 Å². The molecule has 0 aromatic heterocycles. The minimum atomic E-state index is -0.340. The zero-order valence-electron chi connectivity index (χ0n) is 15.3. The summed E-state index contributed by atoms with van der Waals surface area (Å²) in [7, 11) is 1.55. The van der Waals surface area contributed by atoms with E-state index in [-0.39, 0.29) is 18.9 Å². The van der Waals surface area contributed by atoms with Crippen molar-refractivity contribution < 1.29 is 19.0 Å². The molecule has 142 valence electrons. The van der Waals surface area contributed by atoms with Crippen molar-refractivity contribution in [1.29, 1.82) is 5.26 Å². The Morgan fingerprint density at radius 1 is 1.22 bits per heavy atom. The molecule has 0 atom stereocenters. The number of carbonyl (C=O) groups is 1. The number of carbonyl (C=O) groups excluding carboxylic acids is 1. The standard InChI is InChI=1S/C20H21ClN2O4/c1-14-12-16(6-7-17(14)21)26-10-11-27-20-15(4-3-5-18(20)25-2)13-23-19(24)8-9-22/h3-7,12H,8,10-11,13H2,1-2H3,(H,23,24). The summed E-state index contributed by atoms with van der Waals surface area (Å²) in [6.45, 7) is 2.78. The topological polar surface area (TPSA) is 80.6 Å². The molecule has 0 spiro atoms. The van der Waals surface area contributed by atoms with Gasteiger partial charge in [0.1, 0.15) is 25.4 Å². The third-order valence-corrected chi connectivity index (χ3v) is 4.15. The molecular weight excluding hydrogens is 368 g/mol. The number of rotatable bonds is 9. The Hall–Kier alpha value is -2.91. The molecule has 1 N–H and O–H groups in total. The lowest BCUT2D eigenvalue weighted by Crippen LogP contribution is -2.22. The summed E-state index contributed by atoms with van der Waals surface area (Å²) in [4.78, 5) is 11.5. The van der Waals surface area contributed by atoms with Gasteiger partial charge in [0, 0.05) is 17.1 Å². The first-order chi connectivity index (χ1) is 13.0. The number of ether oxygens (including phenoxy) is 3. The zero-order chi connectivity index (χ0) is 19.6. The molecule has 7 heteroatoms. The van der Waals surface area contributed by atoms with Gasteiger partial charge in [0.05, 0.1) is 13.2 Å². The largest absolute Gasteiger partial charge is 0.493 e. The first-order valence-corrected chi connectivity index (χ1v) is 8.74. The third-order valence-electron chi connectivity index (χ3n) is 3.72. The molecule has 0 saturated heterocycles. The van der Waals surface area contributed by atoms with Crippen LogP contribution in [0.5, 0.6) is 17.2 Å². The minimum absolute atomic E-state index is 0.186. The number of amides is 1. The fourth-order valence-electron chi connectivity index (χ4n) is 2.36. The SMILES string of the molecule is COc1cccc(CNC(=O)CC#N)c1OCCOc1ccc(Cl)c(C)c1. The average Bonchev–Trinajstić information content (AvgIpc) is 2.66. The maximum atomic E-state index is 11.5. The molecule has 0 aliphatic carbocycles. The van der Waals surface area contributed by atoms with E-state index in [1.54, 1.807) is 25.3 Å². The van der Waals surface area contributed by atoms with Crippen LogP contribution in [0.25, 0.3) is 0 Å². The summed E-state index contributed by atoms with van der Waals surface area (Å²) in [6.07, 6.45) is -0.186. The lowest BCUT2D eigenvalue weighted by Gasteiger charge is -2.16. The zero-order valence-corrected chi connectivity index (χ0v) is 16.0. The van der Waals surface area contributed by atoms with Gasteiger partial charge in [-0.3, -0.25) is 4.79 Å². The van der Waals surface area contributed by atoms with Crippen molar-refractivity contribution in [2.24, 2.45) is 0 Å². The van der Waals surface area contributed by atoms with Crippen molar-refractivity contribution >= 4 is 17.5 Å². The minimum Gasteiger partial charge on any atom is -0.493 e. The Morgan fingerprint density at radius 2 is 2.00 bits per heavy atom. The van der Waals surface area contributed by atoms with Gasteiger partial charge in [0.25, 0.3) is 0 Å². The van der Waals surface area contributed by atoms with E-state index < -0.39 is 0 Å². The van der Waals surface area contributed by atoms with E-state index in [1.165, 1.54) is 0 Å². The van der Waals surface area contributed by atoms with Crippen LogP contribution in [0, 0.1) is 18.3 Å². The Labute approximate surface area is 163 Å². The van der Waals surface area contributed by atoms with Crippen molar-refractivity contribution in [1.82, 2.24) is 5.32 Å². The van der Waals surface area contributed by atoms with E-state index in [0.717, 1.165) is 11.1 Å². The molecule has 0 fully saturated rings. The Kier molecular flexibility index (Phi) is 7.78. The molecule has 0 radical (unpaired) electrons. The van der Waals surface area contributed by atoms with Crippen LogP contribution >= 0.6 is 11.6 Å². The van der Waals surface area contributed by atoms with Gasteiger partial charge < -0.3 is 19.5 Å². The molecule has 1 amide bonds. The summed E-state index contributed by atoms with van der Waals surface area (Å²) in [5.41, 5.74) is 1.69. The molecule has 0 bridgehead atoms. The number of benzene rings is 2. The highest BCUT2D eigenvalue weighted by Crippen LogP contribution is 2.31. The molecule has 2 rings (SSSR count). The molecule has 0 unspecified atom stereocenters. The quantitative estimate of drug-likeness (QED) is 0.663. The number of halogens is 1. The molecule has 6 nitrogen and oxygen atoms in total. The molecule has 2 aromatic carbocycles. The summed E-state index contributed by atoms with van der Waals surface area (Å²) in [5.74, 6) is 1.47. The first kappa shape index (κ1) is 20.4. The normalized spacial score (nSPS) is 10.0. The van der Waals surface area contributed by atoms with Crippen LogP contribution in [0.4, 0.5) is 0 Å². The highest BCUT2D eigenvalue weighted by atomic mass is 35.5. The number of aryl methyl sites for hydroxylation is 1. The van der Waals surface area contributed by atoms with Crippen LogP contribution < -0.4 is 19.5 Å². The fourth-order valence-corrected chi connectivity index (χ4v) is 2.48. The van der Waals surface area contributed by atoms with Crippen LogP contribution in [-0.2, 0) is 11.3 Å². The van der Waals surface area contributed by atoms with Gasteiger partial charge in [-0.2, -0.15) is 5.26 Å². The number of nitriles is 1. The van der Waals surface area contributed by atoms with E-state index in [0.29, 0.717) is 35.5 Å². The molecule has 0 aliphatic rings. The first-order valence-electron chi connectivity index (χ1n) is 8.36. The summed E-state index contributed by atoms with van der Waals surface area (Å²) in [5, 5.41) is 11.9. The monoisotopic (exact) mass is 388 g/mol. The van der Waals surface area contributed by atoms with Crippen molar-refractivity contribution in [2.45, 2.75) is 19.9 Å². The van der Waals surface area contributed by atoms with E-state index in [4.69, 9.17) is 31.1 Å². The fraction of sp³-hybridized carbons (Fsp3) is 0.300. The molecule has 0 aliphatic heterocycles. The molecule has 0 heterocycles. The maximum absolute atomic E-state index is 11.5. The lowest BCUT2D eigenvalue weighted by atomic mass is 10.2. The van der Waals surface area contributed by atoms with Crippen LogP contribution in [0.2, 0.25) is 5.02 Å². The third kappa shape index (κ3) is 6.08. The van der Waals surface area contributed by atoms with Crippen LogP contribution in [0.3, 0.4) is 0 Å². The average molecular weight is 389 g/mol. The number of hydrogen-bond donors (Lipinski definition) is 1. The Morgan fingerprint density at radius 3 is 2.70 bits per heavy atom. The van der Waals surface area contributed by atoms with Gasteiger partial charge in [-0.05, 0) is 36.8 Å². The Balaban J connectivity index is 1.96. The van der Waals surface area contributed by atoms with Gasteiger partial charge in [-0.15, -0.1) is 0 Å².